The number of benzene rings is 1. The number of fused-ring (bicyclic) bond motifs is 2. The minimum Gasteiger partial charge on any atom is -0.357 e. The van der Waals surface area contributed by atoms with E-state index in [2.05, 4.69) is 16.1 Å². The molecule has 18 heavy (non-hydrogen) atoms. The predicted octanol–water partition coefficient (Wildman–Crippen LogP) is 2.44. The van der Waals surface area contributed by atoms with E-state index in [-0.39, 0.29) is 12.3 Å². The normalized spacial score (nSPS) is 18.6. The lowest BCUT2D eigenvalue weighted by molar-refractivity contribution is 0.726. The fourth-order valence-corrected chi connectivity index (χ4v) is 3.38. The van der Waals surface area contributed by atoms with Crippen LogP contribution in [0.2, 0.25) is 0 Å². The van der Waals surface area contributed by atoms with Crippen LogP contribution < -0.4 is 15.8 Å². The molecule has 4 N–H and O–H groups in total. The summed E-state index contributed by atoms with van der Waals surface area (Å²) in [6.45, 7) is 0. The second kappa shape index (κ2) is 5.07. The molecular formula is C13H18FN3S. The standard InChI is InChI=1S/C13H18FN3S/c14-18-17-13(15)16-12-10-5-1-3-8(10)7-9-4-2-6-11(9)12/h7,13,16-17H,1-6,15H2. The van der Waals surface area contributed by atoms with Gasteiger partial charge >= 0.3 is 0 Å². The van der Waals surface area contributed by atoms with Gasteiger partial charge in [0.05, 0.1) is 0 Å². The molecule has 1 aromatic carbocycles. The Kier molecular flexibility index (Phi) is 3.46. The number of hydrogen-bond acceptors (Lipinski definition) is 4. The van der Waals surface area contributed by atoms with E-state index in [4.69, 9.17) is 5.73 Å². The zero-order valence-corrected chi connectivity index (χ0v) is 11.1. The fraction of sp³-hybridized carbons (Fsp3) is 0.538. The maximum absolute atomic E-state index is 12.2. The van der Waals surface area contributed by atoms with E-state index in [1.54, 1.807) is 0 Å². The van der Waals surface area contributed by atoms with Gasteiger partial charge in [-0.3, -0.25) is 5.73 Å². The highest BCUT2D eigenvalue weighted by Gasteiger charge is 2.24. The van der Waals surface area contributed by atoms with Crippen molar-refractivity contribution >= 4 is 18.0 Å². The van der Waals surface area contributed by atoms with E-state index in [0.717, 1.165) is 25.7 Å². The van der Waals surface area contributed by atoms with Gasteiger partial charge in [-0.15, -0.1) is 3.89 Å². The highest BCUT2D eigenvalue weighted by Crippen LogP contribution is 2.38. The third-order valence-corrected chi connectivity index (χ3v) is 4.29. The van der Waals surface area contributed by atoms with Gasteiger partial charge in [0.1, 0.15) is 18.6 Å². The van der Waals surface area contributed by atoms with Crippen LogP contribution in [0.25, 0.3) is 0 Å². The van der Waals surface area contributed by atoms with Crippen molar-refractivity contribution in [2.24, 2.45) is 5.73 Å². The number of halogens is 1. The Morgan fingerprint density at radius 3 is 2.28 bits per heavy atom. The number of nitrogens with two attached hydrogens (primary N) is 1. The summed E-state index contributed by atoms with van der Waals surface area (Å²) in [5.41, 5.74) is 12.7. The minimum atomic E-state index is -0.545. The topological polar surface area (TPSA) is 50.1 Å². The van der Waals surface area contributed by atoms with Crippen molar-refractivity contribution in [2.45, 2.75) is 44.8 Å². The summed E-state index contributed by atoms with van der Waals surface area (Å²) in [4.78, 5) is 0. The van der Waals surface area contributed by atoms with Gasteiger partial charge in [0, 0.05) is 5.69 Å². The Morgan fingerprint density at radius 1 is 1.11 bits per heavy atom. The molecule has 0 heterocycles. The van der Waals surface area contributed by atoms with Crippen molar-refractivity contribution in [1.82, 2.24) is 4.72 Å². The van der Waals surface area contributed by atoms with Crippen LogP contribution in [0, 0.1) is 0 Å². The zero-order valence-electron chi connectivity index (χ0n) is 10.3. The summed E-state index contributed by atoms with van der Waals surface area (Å²) in [7, 11) is 0. The van der Waals surface area contributed by atoms with Gasteiger partial charge in [0.15, 0.2) is 0 Å². The van der Waals surface area contributed by atoms with Crippen molar-refractivity contribution in [3.05, 3.63) is 28.3 Å². The summed E-state index contributed by atoms with van der Waals surface area (Å²) in [5.74, 6) is 0. The van der Waals surface area contributed by atoms with Crippen LogP contribution in [-0.4, -0.2) is 6.29 Å². The Balaban J connectivity index is 1.96. The number of aryl methyl sites for hydroxylation is 2. The first-order valence-electron chi connectivity index (χ1n) is 6.51. The van der Waals surface area contributed by atoms with Crippen molar-refractivity contribution in [1.29, 1.82) is 0 Å². The first-order valence-corrected chi connectivity index (χ1v) is 7.23. The lowest BCUT2D eigenvalue weighted by Gasteiger charge is -2.20. The molecule has 3 rings (SSSR count). The van der Waals surface area contributed by atoms with Crippen LogP contribution in [0.4, 0.5) is 9.57 Å². The van der Waals surface area contributed by atoms with Gasteiger partial charge in [-0.05, 0) is 60.8 Å². The summed E-state index contributed by atoms with van der Waals surface area (Å²) >= 11 is 0.0580. The molecule has 3 nitrogen and oxygen atoms in total. The highest BCUT2D eigenvalue weighted by atomic mass is 32.2. The van der Waals surface area contributed by atoms with Gasteiger partial charge in [-0.2, -0.15) is 0 Å². The smallest absolute Gasteiger partial charge is 0.140 e. The van der Waals surface area contributed by atoms with Gasteiger partial charge in [0.2, 0.25) is 0 Å². The molecule has 0 saturated heterocycles. The molecule has 1 unspecified atom stereocenters. The predicted molar refractivity (Wildman–Crippen MR) is 73.9 cm³/mol. The maximum Gasteiger partial charge on any atom is 0.140 e. The quantitative estimate of drug-likeness (QED) is 0.579. The summed E-state index contributed by atoms with van der Waals surface area (Å²) in [6, 6.07) is 2.37. The molecule has 98 valence electrons. The van der Waals surface area contributed by atoms with Crippen molar-refractivity contribution in [3.63, 3.8) is 0 Å². The minimum absolute atomic E-state index is 0.0580. The molecule has 0 spiro atoms. The molecule has 0 aromatic heterocycles. The van der Waals surface area contributed by atoms with Crippen LogP contribution >= 0.6 is 12.3 Å². The molecule has 0 fully saturated rings. The van der Waals surface area contributed by atoms with Gasteiger partial charge < -0.3 is 5.32 Å². The molecule has 0 bridgehead atoms. The number of rotatable bonds is 4. The lowest BCUT2D eigenvalue weighted by Crippen LogP contribution is -2.40. The average Bonchev–Trinajstić information content (AvgIpc) is 2.96. The monoisotopic (exact) mass is 267 g/mol. The summed E-state index contributed by atoms with van der Waals surface area (Å²) in [6.07, 6.45) is 6.44. The molecule has 1 atom stereocenters. The summed E-state index contributed by atoms with van der Waals surface area (Å²) in [5, 5.41) is 3.25. The molecule has 0 aliphatic heterocycles. The third-order valence-electron chi connectivity index (χ3n) is 3.94. The van der Waals surface area contributed by atoms with E-state index in [0.29, 0.717) is 0 Å². The van der Waals surface area contributed by atoms with E-state index in [1.165, 1.54) is 40.8 Å². The number of nitrogens with one attached hydrogen (secondary N) is 2. The zero-order chi connectivity index (χ0) is 12.5. The van der Waals surface area contributed by atoms with Gasteiger partial charge in [-0.1, -0.05) is 6.07 Å². The molecular weight excluding hydrogens is 249 g/mol. The Morgan fingerprint density at radius 2 is 1.72 bits per heavy atom. The molecule has 0 saturated carbocycles. The first kappa shape index (κ1) is 12.3. The molecule has 0 radical (unpaired) electrons. The SMILES string of the molecule is NC(NSF)Nc1c2c(cc3c1CCC3)CCC2. The van der Waals surface area contributed by atoms with Crippen LogP contribution in [-0.2, 0) is 25.7 Å². The first-order chi connectivity index (χ1) is 8.79. The van der Waals surface area contributed by atoms with Crippen molar-refractivity contribution in [2.75, 3.05) is 5.32 Å². The molecule has 2 aliphatic carbocycles. The van der Waals surface area contributed by atoms with Gasteiger partial charge in [-0.25, -0.2) is 4.72 Å². The molecule has 5 heteroatoms. The highest BCUT2D eigenvalue weighted by molar-refractivity contribution is 7.92. The van der Waals surface area contributed by atoms with Crippen molar-refractivity contribution in [3.8, 4) is 0 Å². The molecule has 2 aliphatic rings. The van der Waals surface area contributed by atoms with Crippen LogP contribution in [0.3, 0.4) is 0 Å². The Bertz CT molecular complexity index is 432. The second-order valence-electron chi connectivity index (χ2n) is 5.05. The van der Waals surface area contributed by atoms with E-state index in [9.17, 15) is 3.89 Å². The lowest BCUT2D eigenvalue weighted by atomic mass is 9.99. The van der Waals surface area contributed by atoms with Crippen LogP contribution in [0.15, 0.2) is 6.07 Å². The Hall–Kier alpha value is -0.780. The largest absolute Gasteiger partial charge is 0.357 e. The Labute approximate surface area is 111 Å². The fourth-order valence-electron chi connectivity index (χ4n) is 3.22. The van der Waals surface area contributed by atoms with Crippen LogP contribution in [0.5, 0.6) is 0 Å². The van der Waals surface area contributed by atoms with Gasteiger partial charge in [0.25, 0.3) is 0 Å². The maximum atomic E-state index is 12.2. The molecule has 0 amide bonds. The average molecular weight is 267 g/mol. The number of anilines is 1. The van der Waals surface area contributed by atoms with Crippen molar-refractivity contribution < 1.29 is 3.89 Å². The van der Waals surface area contributed by atoms with Crippen LogP contribution in [0.1, 0.15) is 35.1 Å². The summed E-state index contributed by atoms with van der Waals surface area (Å²) < 4.78 is 14.7. The second-order valence-corrected chi connectivity index (χ2v) is 5.44. The van der Waals surface area contributed by atoms with E-state index >= 15 is 0 Å². The third kappa shape index (κ3) is 2.11. The molecule has 1 aromatic rings. The van der Waals surface area contributed by atoms with E-state index < -0.39 is 6.29 Å². The number of hydrogen-bond donors (Lipinski definition) is 3. The van der Waals surface area contributed by atoms with E-state index in [1.807, 2.05) is 0 Å².